The van der Waals surface area contributed by atoms with E-state index in [9.17, 15) is 65.7 Å². The Kier molecular flexibility index (Phi) is 22.5. The number of amides is 1. The normalized spacial score (nSPS) is 17.5. The van der Waals surface area contributed by atoms with Crippen molar-refractivity contribution in [2.24, 2.45) is 5.92 Å². The van der Waals surface area contributed by atoms with Crippen molar-refractivity contribution in [3.63, 3.8) is 0 Å². The Hall–Kier alpha value is -3.12. The van der Waals surface area contributed by atoms with Crippen LogP contribution in [-0.2, 0) is 4.79 Å². The van der Waals surface area contributed by atoms with Crippen LogP contribution in [-0.4, -0.2) is 124 Å². The molecule has 290 valence electrons. The van der Waals surface area contributed by atoms with E-state index in [1.165, 1.54) is 48.6 Å². The van der Waals surface area contributed by atoms with Crippen LogP contribution in [0, 0.1) is 16.0 Å². The number of ketones is 1. The third-order valence-corrected chi connectivity index (χ3v) is 8.16. The highest BCUT2D eigenvalue weighted by Crippen LogP contribution is 2.16. The summed E-state index contributed by atoms with van der Waals surface area (Å²) in [6.45, 7) is 3.70. The van der Waals surface area contributed by atoms with Gasteiger partial charge in [-0.15, -0.1) is 0 Å². The number of carbonyl (C=O) groups is 2. The largest absolute Gasteiger partial charge is 0.393 e. The highest BCUT2D eigenvalue weighted by atomic mass is 16.6. The van der Waals surface area contributed by atoms with Crippen LogP contribution in [0.2, 0.25) is 0 Å². The molecular weight excluding hydrogens is 668 g/mol. The minimum atomic E-state index is -1.08. The van der Waals surface area contributed by atoms with E-state index in [0.29, 0.717) is 12.8 Å². The van der Waals surface area contributed by atoms with Gasteiger partial charge in [-0.1, -0.05) is 38.2 Å². The van der Waals surface area contributed by atoms with Gasteiger partial charge in [-0.2, -0.15) is 0 Å². The Balaban J connectivity index is 2.24. The van der Waals surface area contributed by atoms with Crippen molar-refractivity contribution >= 4 is 17.4 Å². The summed E-state index contributed by atoms with van der Waals surface area (Å²) in [5, 5.41) is 105. The molecule has 0 fully saturated rings. The number of nitro benzene ring substituents is 1. The van der Waals surface area contributed by atoms with Crippen LogP contribution < -0.4 is 5.32 Å². The van der Waals surface area contributed by atoms with Crippen molar-refractivity contribution in [2.75, 3.05) is 6.54 Å². The molecule has 0 heterocycles. The van der Waals surface area contributed by atoms with E-state index in [-0.39, 0.29) is 87.3 Å². The smallest absolute Gasteiger partial charge is 0.269 e. The lowest BCUT2D eigenvalue weighted by molar-refractivity contribution is -0.384. The second-order valence-electron chi connectivity index (χ2n) is 13.5. The summed E-state index contributed by atoms with van der Waals surface area (Å²) in [5.41, 5.74) is 0.150. The zero-order chi connectivity index (χ0) is 38.5. The lowest BCUT2D eigenvalue weighted by Gasteiger charge is -2.19. The Morgan fingerprint density at radius 3 is 1.63 bits per heavy atom. The predicted molar refractivity (Wildman–Crippen MR) is 188 cm³/mol. The molecule has 0 saturated carbocycles. The molecule has 10 N–H and O–H groups in total. The molecule has 1 aromatic rings. The SMILES string of the molecule is CC(C)C(=O)CC(O)CC(O)CC(O)/C=C/CC(O)CC(O)CC(O)CC(O)/C=C/CC(O)CC(O)CCCNC(=O)c1ccc([N+](=O)[O-])cc1. The van der Waals surface area contributed by atoms with Crippen LogP contribution >= 0.6 is 0 Å². The third kappa shape index (κ3) is 21.8. The number of hydrogen-bond acceptors (Lipinski definition) is 13. The summed E-state index contributed by atoms with van der Waals surface area (Å²) in [6, 6.07) is 5.17. The van der Waals surface area contributed by atoms with Crippen LogP contribution in [0.5, 0.6) is 0 Å². The van der Waals surface area contributed by atoms with Gasteiger partial charge in [0.2, 0.25) is 0 Å². The van der Waals surface area contributed by atoms with E-state index in [4.69, 9.17) is 0 Å². The highest BCUT2D eigenvalue weighted by molar-refractivity contribution is 5.94. The first-order valence-electron chi connectivity index (χ1n) is 17.5. The molecule has 0 spiro atoms. The van der Waals surface area contributed by atoms with Gasteiger partial charge < -0.3 is 51.3 Å². The van der Waals surface area contributed by atoms with Crippen LogP contribution in [0.25, 0.3) is 0 Å². The van der Waals surface area contributed by atoms with Crippen LogP contribution in [0.1, 0.15) is 94.8 Å². The lowest BCUT2D eigenvalue weighted by atomic mass is 9.97. The van der Waals surface area contributed by atoms with Gasteiger partial charge in [-0.05, 0) is 63.5 Å². The topological polar surface area (TPSA) is 271 Å². The summed E-state index contributed by atoms with van der Waals surface area (Å²) < 4.78 is 0. The summed E-state index contributed by atoms with van der Waals surface area (Å²) in [7, 11) is 0. The number of hydrogen-bond donors (Lipinski definition) is 10. The number of non-ortho nitro benzene ring substituents is 1. The van der Waals surface area contributed by atoms with Crippen molar-refractivity contribution in [3.8, 4) is 0 Å². The highest BCUT2D eigenvalue weighted by Gasteiger charge is 2.20. The molecule has 51 heavy (non-hydrogen) atoms. The average molecular weight is 727 g/mol. The van der Waals surface area contributed by atoms with E-state index in [0.717, 1.165) is 0 Å². The number of nitrogens with zero attached hydrogens (tertiary/aromatic N) is 1. The molecule has 9 atom stereocenters. The zero-order valence-corrected chi connectivity index (χ0v) is 29.5. The molecule has 15 nitrogen and oxygen atoms in total. The van der Waals surface area contributed by atoms with Gasteiger partial charge in [0.15, 0.2) is 0 Å². The van der Waals surface area contributed by atoms with Crippen molar-refractivity contribution in [1.29, 1.82) is 0 Å². The maximum Gasteiger partial charge on any atom is 0.269 e. The number of nitro groups is 1. The molecule has 0 radical (unpaired) electrons. The number of Topliss-reactive ketones (excluding diaryl/α,β-unsaturated/α-hetero) is 1. The predicted octanol–water partition coefficient (Wildman–Crippen LogP) is 1.20. The van der Waals surface area contributed by atoms with Gasteiger partial charge in [0.25, 0.3) is 11.6 Å². The molecule has 0 saturated heterocycles. The number of carbonyl (C=O) groups excluding carboxylic acids is 2. The van der Waals surface area contributed by atoms with Crippen molar-refractivity contribution in [2.45, 2.75) is 139 Å². The van der Waals surface area contributed by atoms with Crippen LogP contribution in [0.4, 0.5) is 5.69 Å². The molecular formula is C36H58N2O13. The molecule has 9 unspecified atom stereocenters. The van der Waals surface area contributed by atoms with Gasteiger partial charge in [-0.25, -0.2) is 0 Å². The minimum Gasteiger partial charge on any atom is -0.393 e. The Morgan fingerprint density at radius 1 is 0.686 bits per heavy atom. The summed E-state index contributed by atoms with van der Waals surface area (Å²) >= 11 is 0. The fourth-order valence-corrected chi connectivity index (χ4v) is 5.28. The fraction of sp³-hybridized carbons (Fsp3) is 0.667. The standard InChI is InChI=1S/C36H58N2O13/c1-23(2)35(48)22-34(47)21-33(46)19-29(42)9-4-8-28(41)18-32(45)20-31(44)17-27(40)7-3-6-26(39)16-30(43)10-5-15-37-36(49)24-11-13-25(14-12-24)38(50)51/h3-4,7,9,11-14,23,26-34,39-47H,5-6,8,10,15-22H2,1-2H3,(H,37,49)/b7-3+,9-4+. The van der Waals surface area contributed by atoms with E-state index < -0.39 is 65.8 Å². The van der Waals surface area contributed by atoms with E-state index in [2.05, 4.69) is 5.32 Å². The fourth-order valence-electron chi connectivity index (χ4n) is 5.28. The Bertz CT molecular complexity index is 1210. The quantitative estimate of drug-likeness (QED) is 0.0265. The molecule has 0 aliphatic heterocycles. The number of aliphatic hydroxyl groups is 9. The zero-order valence-electron chi connectivity index (χ0n) is 29.5. The van der Waals surface area contributed by atoms with Crippen LogP contribution in [0.3, 0.4) is 0 Å². The van der Waals surface area contributed by atoms with Gasteiger partial charge in [0.05, 0.1) is 59.9 Å². The van der Waals surface area contributed by atoms with E-state index in [1.807, 2.05) is 0 Å². The van der Waals surface area contributed by atoms with Gasteiger partial charge in [0.1, 0.15) is 5.78 Å². The molecule has 0 aliphatic rings. The molecule has 1 aromatic carbocycles. The second-order valence-corrected chi connectivity index (χ2v) is 13.5. The van der Waals surface area contributed by atoms with E-state index >= 15 is 0 Å². The molecule has 1 amide bonds. The summed E-state index contributed by atoms with van der Waals surface area (Å²) in [5.74, 6) is -0.736. The van der Waals surface area contributed by atoms with Gasteiger partial charge >= 0.3 is 0 Å². The monoisotopic (exact) mass is 726 g/mol. The van der Waals surface area contributed by atoms with Crippen LogP contribution in [0.15, 0.2) is 48.6 Å². The first-order chi connectivity index (χ1) is 24.0. The lowest BCUT2D eigenvalue weighted by Crippen LogP contribution is -2.26. The summed E-state index contributed by atoms with van der Waals surface area (Å²) in [4.78, 5) is 34.0. The molecule has 0 aliphatic carbocycles. The number of rotatable bonds is 27. The van der Waals surface area contributed by atoms with Crippen molar-refractivity contribution < 1.29 is 60.5 Å². The molecule has 15 heteroatoms. The minimum absolute atomic E-state index is 0.0559. The first-order valence-corrected chi connectivity index (χ1v) is 17.5. The van der Waals surface area contributed by atoms with Crippen molar-refractivity contribution in [1.82, 2.24) is 5.32 Å². The average Bonchev–Trinajstić information content (AvgIpc) is 3.02. The summed E-state index contributed by atoms with van der Waals surface area (Å²) in [6.07, 6.45) is -2.62. The van der Waals surface area contributed by atoms with Crippen molar-refractivity contribution in [3.05, 3.63) is 64.2 Å². The van der Waals surface area contributed by atoms with Gasteiger partial charge in [0, 0.05) is 49.4 Å². The molecule has 0 aromatic heterocycles. The number of aliphatic hydroxyl groups excluding tert-OH is 9. The Morgan fingerprint density at radius 2 is 1.14 bits per heavy atom. The number of nitrogens with one attached hydrogen (secondary N) is 1. The maximum absolute atomic E-state index is 12.1. The molecule has 0 bridgehead atoms. The molecule has 1 rings (SSSR count). The maximum atomic E-state index is 12.1. The Labute approximate surface area is 299 Å². The van der Waals surface area contributed by atoms with Gasteiger partial charge in [-0.3, -0.25) is 19.7 Å². The number of benzene rings is 1. The van der Waals surface area contributed by atoms with E-state index in [1.54, 1.807) is 13.8 Å². The first kappa shape index (κ1) is 45.9. The third-order valence-electron chi connectivity index (χ3n) is 8.16. The second kappa shape index (κ2) is 25.0.